The smallest absolute Gasteiger partial charge is 0.306 e. The number of ketones is 2. The van der Waals surface area contributed by atoms with E-state index in [0.717, 1.165) is 0 Å². The number of esters is 1. The molecule has 0 N–H and O–H groups in total. The lowest BCUT2D eigenvalue weighted by molar-refractivity contribution is -0.147. The number of cyclic esters (lactones) is 1. The number of Topliss-reactive ketones (excluding diaryl/α,β-unsaturated/α-hetero) is 1. The van der Waals surface area contributed by atoms with Gasteiger partial charge in [0.15, 0.2) is 11.6 Å². The van der Waals surface area contributed by atoms with Gasteiger partial charge in [-0.05, 0) is 46.1 Å². The molecular weight excluding hydrogens is 244 g/mol. The summed E-state index contributed by atoms with van der Waals surface area (Å²) >= 11 is 0. The number of allylic oxidation sites excluding steroid dienone is 4. The third-order valence-electron chi connectivity index (χ3n) is 4.01. The first kappa shape index (κ1) is 13.7. The van der Waals surface area contributed by atoms with Gasteiger partial charge in [-0.25, -0.2) is 0 Å². The summed E-state index contributed by atoms with van der Waals surface area (Å²) in [5, 5.41) is 0. The molecule has 0 aromatic carbocycles. The third kappa shape index (κ3) is 2.67. The molecular formula is C15H18O4. The van der Waals surface area contributed by atoms with Crippen molar-refractivity contribution in [2.45, 2.75) is 52.1 Å². The monoisotopic (exact) mass is 262 g/mol. The van der Waals surface area contributed by atoms with Crippen molar-refractivity contribution in [2.75, 3.05) is 0 Å². The van der Waals surface area contributed by atoms with Gasteiger partial charge in [0.2, 0.25) is 0 Å². The van der Waals surface area contributed by atoms with Gasteiger partial charge in [0.25, 0.3) is 0 Å². The number of hydrogen-bond acceptors (Lipinski definition) is 4. The van der Waals surface area contributed by atoms with Crippen LogP contribution in [0.3, 0.4) is 0 Å². The molecule has 0 aromatic heterocycles. The van der Waals surface area contributed by atoms with Gasteiger partial charge in [-0.1, -0.05) is 0 Å². The van der Waals surface area contributed by atoms with E-state index in [1.54, 1.807) is 13.8 Å². The second-order valence-corrected chi connectivity index (χ2v) is 5.54. The maximum atomic E-state index is 12.1. The van der Waals surface area contributed by atoms with Crippen LogP contribution in [0.1, 0.15) is 46.5 Å². The van der Waals surface area contributed by atoms with Crippen molar-refractivity contribution in [3.8, 4) is 0 Å². The fourth-order valence-electron chi connectivity index (χ4n) is 2.43. The molecule has 0 radical (unpaired) electrons. The van der Waals surface area contributed by atoms with Gasteiger partial charge in [0, 0.05) is 23.1 Å². The van der Waals surface area contributed by atoms with Gasteiger partial charge in [-0.2, -0.15) is 0 Å². The van der Waals surface area contributed by atoms with Gasteiger partial charge < -0.3 is 4.74 Å². The normalized spacial score (nSPS) is 27.7. The summed E-state index contributed by atoms with van der Waals surface area (Å²) in [6, 6.07) is 0. The van der Waals surface area contributed by atoms with E-state index in [0.29, 0.717) is 42.4 Å². The molecule has 1 heterocycles. The molecule has 19 heavy (non-hydrogen) atoms. The quantitative estimate of drug-likeness (QED) is 0.578. The Hall–Kier alpha value is -1.71. The Morgan fingerprint density at radius 1 is 1.21 bits per heavy atom. The zero-order valence-electron chi connectivity index (χ0n) is 11.5. The van der Waals surface area contributed by atoms with E-state index in [-0.39, 0.29) is 17.5 Å². The Bertz CT molecular complexity index is 524. The van der Waals surface area contributed by atoms with E-state index >= 15 is 0 Å². The first-order valence-electron chi connectivity index (χ1n) is 6.51. The van der Waals surface area contributed by atoms with Crippen LogP contribution in [0.25, 0.3) is 0 Å². The van der Waals surface area contributed by atoms with Gasteiger partial charge in [-0.15, -0.1) is 0 Å². The van der Waals surface area contributed by atoms with Crippen LogP contribution in [0.15, 0.2) is 22.8 Å². The van der Waals surface area contributed by atoms with Crippen LogP contribution in [0.5, 0.6) is 0 Å². The van der Waals surface area contributed by atoms with Crippen molar-refractivity contribution in [2.24, 2.45) is 0 Å². The minimum absolute atomic E-state index is 0.0648. The largest absolute Gasteiger partial charge is 0.459 e. The number of hydrogen-bond donors (Lipinski definition) is 0. The topological polar surface area (TPSA) is 60.4 Å². The predicted octanol–water partition coefficient (Wildman–Crippen LogP) is 2.28. The summed E-state index contributed by atoms with van der Waals surface area (Å²) in [5.41, 5.74) is 1.08. The lowest BCUT2D eigenvalue weighted by Gasteiger charge is -2.23. The fraction of sp³-hybridized carbons (Fsp3) is 0.533. The van der Waals surface area contributed by atoms with Crippen molar-refractivity contribution < 1.29 is 19.1 Å². The zero-order chi connectivity index (χ0) is 14.2. The summed E-state index contributed by atoms with van der Waals surface area (Å²) in [6.07, 6.45) is 3.58. The Morgan fingerprint density at radius 2 is 1.89 bits per heavy atom. The Labute approximate surface area is 112 Å². The van der Waals surface area contributed by atoms with E-state index in [1.165, 1.54) is 6.08 Å². The molecule has 4 nitrogen and oxygen atoms in total. The minimum Gasteiger partial charge on any atom is -0.459 e. The van der Waals surface area contributed by atoms with Gasteiger partial charge in [0.05, 0.1) is 0 Å². The number of carbonyl (C=O) groups excluding carboxylic acids is 3. The minimum atomic E-state index is -0.495. The number of ether oxygens (including phenoxy) is 1. The first-order chi connectivity index (χ1) is 8.82. The molecule has 1 aliphatic carbocycles. The fourth-order valence-corrected chi connectivity index (χ4v) is 2.43. The van der Waals surface area contributed by atoms with E-state index < -0.39 is 5.60 Å². The Balaban J connectivity index is 2.05. The van der Waals surface area contributed by atoms with E-state index in [2.05, 4.69) is 0 Å². The maximum absolute atomic E-state index is 12.1. The molecule has 2 aliphatic rings. The highest BCUT2D eigenvalue weighted by Gasteiger charge is 2.36. The molecule has 102 valence electrons. The molecule has 0 spiro atoms. The average molecular weight is 262 g/mol. The van der Waals surface area contributed by atoms with Crippen molar-refractivity contribution >= 4 is 17.5 Å². The summed E-state index contributed by atoms with van der Waals surface area (Å²) in [5.74, 6) is -0.347. The summed E-state index contributed by atoms with van der Waals surface area (Å²) < 4.78 is 5.28. The highest BCUT2D eigenvalue weighted by Crippen LogP contribution is 2.33. The highest BCUT2D eigenvalue weighted by atomic mass is 16.6. The Kier molecular flexibility index (Phi) is 3.43. The molecule has 1 saturated heterocycles. The Morgan fingerprint density at radius 3 is 2.47 bits per heavy atom. The molecule has 1 atom stereocenters. The van der Waals surface area contributed by atoms with Crippen LogP contribution >= 0.6 is 0 Å². The standard InChI is InChI=1S/C15H18O4/c1-9-10(2)14(18)11(8-12(9)16)4-6-15(3)7-5-13(17)19-15/h8H,4-7H2,1-3H3. The van der Waals surface area contributed by atoms with Crippen molar-refractivity contribution in [1.82, 2.24) is 0 Å². The lowest BCUT2D eigenvalue weighted by Crippen LogP contribution is -2.25. The summed E-state index contributed by atoms with van der Waals surface area (Å²) in [7, 11) is 0. The van der Waals surface area contributed by atoms with Crippen molar-refractivity contribution in [3.05, 3.63) is 22.8 Å². The molecule has 0 saturated carbocycles. The van der Waals surface area contributed by atoms with Crippen LogP contribution in [0, 0.1) is 0 Å². The second kappa shape index (κ2) is 4.76. The first-order valence-corrected chi connectivity index (χ1v) is 6.51. The molecule has 0 aromatic rings. The highest BCUT2D eigenvalue weighted by molar-refractivity contribution is 6.22. The van der Waals surface area contributed by atoms with Gasteiger partial charge in [-0.3, -0.25) is 14.4 Å². The van der Waals surface area contributed by atoms with Crippen molar-refractivity contribution in [1.29, 1.82) is 0 Å². The summed E-state index contributed by atoms with van der Waals surface area (Å²) in [4.78, 5) is 34.9. The zero-order valence-corrected chi connectivity index (χ0v) is 11.5. The van der Waals surface area contributed by atoms with Gasteiger partial charge in [0.1, 0.15) is 5.60 Å². The molecule has 2 rings (SSSR count). The van der Waals surface area contributed by atoms with Crippen LogP contribution in [0.4, 0.5) is 0 Å². The molecule has 0 amide bonds. The summed E-state index contributed by atoms with van der Waals surface area (Å²) in [6.45, 7) is 5.23. The van der Waals surface area contributed by atoms with E-state index in [9.17, 15) is 14.4 Å². The van der Waals surface area contributed by atoms with Crippen molar-refractivity contribution in [3.63, 3.8) is 0 Å². The SMILES string of the molecule is CC1=C(C)C(=O)C(CCC2(C)CCC(=O)O2)=CC1=O. The molecule has 1 fully saturated rings. The van der Waals surface area contributed by atoms with E-state index in [4.69, 9.17) is 4.74 Å². The molecule has 0 bridgehead atoms. The number of carbonyl (C=O) groups is 3. The van der Waals surface area contributed by atoms with Crippen LogP contribution in [0.2, 0.25) is 0 Å². The molecule has 4 heteroatoms. The van der Waals surface area contributed by atoms with E-state index in [1.807, 2.05) is 6.92 Å². The predicted molar refractivity (Wildman–Crippen MR) is 69.4 cm³/mol. The molecule has 1 unspecified atom stereocenters. The molecule has 1 aliphatic heterocycles. The second-order valence-electron chi connectivity index (χ2n) is 5.54. The van der Waals surface area contributed by atoms with Crippen LogP contribution in [-0.2, 0) is 19.1 Å². The van der Waals surface area contributed by atoms with Crippen LogP contribution < -0.4 is 0 Å². The van der Waals surface area contributed by atoms with Gasteiger partial charge >= 0.3 is 5.97 Å². The third-order valence-corrected chi connectivity index (χ3v) is 4.01. The average Bonchev–Trinajstić information content (AvgIpc) is 2.70. The lowest BCUT2D eigenvalue weighted by atomic mass is 9.86. The number of rotatable bonds is 3. The van der Waals surface area contributed by atoms with Crippen LogP contribution in [-0.4, -0.2) is 23.1 Å². The maximum Gasteiger partial charge on any atom is 0.306 e.